The average molecular weight is 364 g/mol. The lowest BCUT2D eigenvalue weighted by molar-refractivity contribution is -0.119. The van der Waals surface area contributed by atoms with Crippen molar-refractivity contribution < 1.29 is 24.2 Å². The molecule has 0 bridgehead atoms. The Bertz CT molecular complexity index is 819. The van der Waals surface area contributed by atoms with Gasteiger partial charge >= 0.3 is 5.97 Å². The molecule has 0 heterocycles. The molecule has 0 fully saturated rings. The van der Waals surface area contributed by atoms with Crippen LogP contribution < -0.4 is 10.1 Å². The summed E-state index contributed by atoms with van der Waals surface area (Å²) < 4.78 is 10.1. The molecule has 0 aromatic heterocycles. The molecule has 0 saturated heterocycles. The van der Waals surface area contributed by atoms with E-state index in [0.29, 0.717) is 16.5 Å². The van der Waals surface area contributed by atoms with Crippen LogP contribution in [0.5, 0.6) is 11.5 Å². The second-order valence-electron chi connectivity index (χ2n) is 5.45. The topological polar surface area (TPSA) is 84.9 Å². The van der Waals surface area contributed by atoms with Crippen LogP contribution in [0.15, 0.2) is 30.3 Å². The van der Waals surface area contributed by atoms with Crippen molar-refractivity contribution in [3.8, 4) is 11.5 Å². The SMILES string of the molecule is COc1cc(Cl)c(C)cc1NC(=O)COC(=O)c1cc(C)ccc1O. The summed E-state index contributed by atoms with van der Waals surface area (Å²) in [6, 6.07) is 7.79. The van der Waals surface area contributed by atoms with Crippen molar-refractivity contribution in [2.45, 2.75) is 13.8 Å². The Hall–Kier alpha value is -2.73. The first-order valence-electron chi connectivity index (χ1n) is 7.42. The summed E-state index contributed by atoms with van der Waals surface area (Å²) in [5.41, 5.74) is 1.98. The van der Waals surface area contributed by atoms with Gasteiger partial charge in [-0.05, 0) is 37.6 Å². The highest BCUT2D eigenvalue weighted by molar-refractivity contribution is 6.31. The number of hydrogen-bond donors (Lipinski definition) is 2. The van der Waals surface area contributed by atoms with E-state index >= 15 is 0 Å². The van der Waals surface area contributed by atoms with Crippen LogP contribution >= 0.6 is 11.6 Å². The van der Waals surface area contributed by atoms with E-state index in [0.717, 1.165) is 11.1 Å². The minimum atomic E-state index is -0.782. The summed E-state index contributed by atoms with van der Waals surface area (Å²) in [7, 11) is 1.46. The van der Waals surface area contributed by atoms with Crippen LogP contribution in [0, 0.1) is 13.8 Å². The molecule has 2 rings (SSSR count). The molecule has 0 spiro atoms. The lowest BCUT2D eigenvalue weighted by Crippen LogP contribution is -2.21. The van der Waals surface area contributed by atoms with E-state index in [9.17, 15) is 14.7 Å². The number of esters is 1. The number of phenols is 1. The van der Waals surface area contributed by atoms with Crippen LogP contribution in [0.1, 0.15) is 21.5 Å². The number of phenolic OH excluding ortho intramolecular Hbond substituents is 1. The van der Waals surface area contributed by atoms with Gasteiger partial charge in [-0.1, -0.05) is 23.2 Å². The third-order valence-corrected chi connectivity index (χ3v) is 3.87. The summed E-state index contributed by atoms with van der Waals surface area (Å²) in [4.78, 5) is 24.0. The van der Waals surface area contributed by atoms with Crippen LogP contribution in [0.25, 0.3) is 0 Å². The van der Waals surface area contributed by atoms with Gasteiger partial charge < -0.3 is 19.9 Å². The van der Waals surface area contributed by atoms with E-state index < -0.39 is 18.5 Å². The van der Waals surface area contributed by atoms with Crippen molar-refractivity contribution in [2.24, 2.45) is 0 Å². The first kappa shape index (κ1) is 18.6. The molecule has 0 radical (unpaired) electrons. The van der Waals surface area contributed by atoms with Gasteiger partial charge in [-0.2, -0.15) is 0 Å². The maximum absolute atomic E-state index is 12.0. The van der Waals surface area contributed by atoms with Gasteiger partial charge in [0.15, 0.2) is 6.61 Å². The van der Waals surface area contributed by atoms with E-state index in [-0.39, 0.29) is 11.3 Å². The van der Waals surface area contributed by atoms with E-state index in [1.165, 1.54) is 19.2 Å². The monoisotopic (exact) mass is 363 g/mol. The minimum Gasteiger partial charge on any atom is -0.507 e. The molecule has 2 N–H and O–H groups in total. The van der Waals surface area contributed by atoms with Crippen molar-refractivity contribution in [3.05, 3.63) is 52.0 Å². The Labute approximate surface area is 150 Å². The van der Waals surface area contributed by atoms with Gasteiger partial charge in [0.05, 0.1) is 12.8 Å². The van der Waals surface area contributed by atoms with Gasteiger partial charge in [0.2, 0.25) is 0 Å². The number of aromatic hydroxyl groups is 1. The quantitative estimate of drug-likeness (QED) is 0.794. The highest BCUT2D eigenvalue weighted by Crippen LogP contribution is 2.30. The maximum Gasteiger partial charge on any atom is 0.342 e. The first-order valence-corrected chi connectivity index (χ1v) is 7.80. The number of nitrogens with one attached hydrogen (secondary N) is 1. The number of ether oxygens (including phenoxy) is 2. The molecular weight excluding hydrogens is 346 g/mol. The lowest BCUT2D eigenvalue weighted by Gasteiger charge is -2.12. The standard InChI is InChI=1S/C18H18ClNO5/c1-10-4-5-15(21)12(6-10)18(23)25-9-17(22)20-14-7-11(2)13(19)8-16(14)24-3/h4-8,21H,9H2,1-3H3,(H,20,22). The largest absolute Gasteiger partial charge is 0.507 e. The number of rotatable bonds is 5. The van der Waals surface area contributed by atoms with E-state index in [1.54, 1.807) is 32.0 Å². The maximum atomic E-state index is 12.0. The predicted molar refractivity (Wildman–Crippen MR) is 94.5 cm³/mol. The number of anilines is 1. The molecule has 0 aliphatic heterocycles. The van der Waals surface area contributed by atoms with Crippen LogP contribution in [-0.2, 0) is 9.53 Å². The predicted octanol–water partition coefficient (Wildman–Crippen LogP) is 3.47. The Morgan fingerprint density at radius 3 is 2.60 bits per heavy atom. The Balaban J connectivity index is 2.03. The lowest BCUT2D eigenvalue weighted by atomic mass is 10.1. The molecule has 7 heteroatoms. The molecule has 0 saturated carbocycles. The Morgan fingerprint density at radius 1 is 1.20 bits per heavy atom. The molecule has 132 valence electrons. The van der Waals surface area contributed by atoms with Gasteiger partial charge in [0.1, 0.15) is 17.1 Å². The second kappa shape index (κ2) is 7.90. The number of benzene rings is 2. The highest BCUT2D eigenvalue weighted by Gasteiger charge is 2.16. The summed E-state index contributed by atoms with van der Waals surface area (Å²) >= 11 is 6.01. The number of carbonyl (C=O) groups excluding carboxylic acids is 2. The summed E-state index contributed by atoms with van der Waals surface area (Å²) in [5, 5.41) is 12.8. The van der Waals surface area contributed by atoms with Gasteiger partial charge in [0, 0.05) is 11.1 Å². The number of carbonyl (C=O) groups is 2. The van der Waals surface area contributed by atoms with Crippen molar-refractivity contribution in [1.29, 1.82) is 0 Å². The minimum absolute atomic E-state index is 0.00715. The van der Waals surface area contributed by atoms with Crippen molar-refractivity contribution in [1.82, 2.24) is 0 Å². The molecule has 2 aromatic carbocycles. The fraction of sp³-hybridized carbons (Fsp3) is 0.222. The highest BCUT2D eigenvalue weighted by atomic mass is 35.5. The normalized spacial score (nSPS) is 10.2. The molecular formula is C18H18ClNO5. The summed E-state index contributed by atoms with van der Waals surface area (Å²) in [6.45, 7) is 3.06. The molecule has 0 aliphatic rings. The Kier molecular flexibility index (Phi) is 5.88. The van der Waals surface area contributed by atoms with Crippen LogP contribution in [0.4, 0.5) is 5.69 Å². The summed E-state index contributed by atoms with van der Waals surface area (Å²) in [6.07, 6.45) is 0. The number of hydrogen-bond acceptors (Lipinski definition) is 5. The average Bonchev–Trinajstić information content (AvgIpc) is 2.57. The first-order chi connectivity index (χ1) is 11.8. The molecule has 0 unspecified atom stereocenters. The third kappa shape index (κ3) is 4.64. The molecule has 0 aliphatic carbocycles. The second-order valence-corrected chi connectivity index (χ2v) is 5.85. The number of amides is 1. The third-order valence-electron chi connectivity index (χ3n) is 3.46. The van der Waals surface area contributed by atoms with Crippen LogP contribution in [0.3, 0.4) is 0 Å². The number of aryl methyl sites for hydroxylation is 2. The molecule has 25 heavy (non-hydrogen) atoms. The van der Waals surface area contributed by atoms with Crippen molar-refractivity contribution in [2.75, 3.05) is 19.0 Å². The fourth-order valence-corrected chi connectivity index (χ4v) is 2.29. The van der Waals surface area contributed by atoms with Gasteiger partial charge in [-0.3, -0.25) is 4.79 Å². The van der Waals surface area contributed by atoms with E-state index in [4.69, 9.17) is 21.1 Å². The molecule has 6 nitrogen and oxygen atoms in total. The fourth-order valence-electron chi connectivity index (χ4n) is 2.14. The van der Waals surface area contributed by atoms with Crippen molar-refractivity contribution >= 4 is 29.2 Å². The van der Waals surface area contributed by atoms with E-state index in [1.807, 2.05) is 0 Å². The smallest absolute Gasteiger partial charge is 0.342 e. The molecule has 0 atom stereocenters. The molecule has 2 aromatic rings. The number of methoxy groups -OCH3 is 1. The Morgan fingerprint density at radius 2 is 1.92 bits per heavy atom. The zero-order valence-corrected chi connectivity index (χ0v) is 14.8. The van der Waals surface area contributed by atoms with Gasteiger partial charge in [0.25, 0.3) is 5.91 Å². The summed E-state index contributed by atoms with van der Waals surface area (Å²) in [5.74, 6) is -1.13. The zero-order chi connectivity index (χ0) is 18.6. The van der Waals surface area contributed by atoms with Crippen LogP contribution in [0.2, 0.25) is 5.02 Å². The molecule has 1 amide bonds. The number of halogens is 1. The van der Waals surface area contributed by atoms with Gasteiger partial charge in [-0.25, -0.2) is 4.79 Å². The van der Waals surface area contributed by atoms with Crippen molar-refractivity contribution in [3.63, 3.8) is 0 Å². The zero-order valence-electron chi connectivity index (χ0n) is 14.1. The van der Waals surface area contributed by atoms with E-state index in [2.05, 4.69) is 5.32 Å². The van der Waals surface area contributed by atoms with Gasteiger partial charge in [-0.15, -0.1) is 0 Å². The van der Waals surface area contributed by atoms with Crippen LogP contribution in [-0.4, -0.2) is 30.7 Å².